The van der Waals surface area contributed by atoms with E-state index in [0.29, 0.717) is 6.54 Å². The second-order valence-corrected chi connectivity index (χ2v) is 9.98. The van der Waals surface area contributed by atoms with Crippen LogP contribution in [0.3, 0.4) is 0 Å². The highest BCUT2D eigenvalue weighted by Gasteiger charge is 2.66. The average molecular weight is 516 g/mol. The Balaban J connectivity index is 1.51. The fourth-order valence-corrected chi connectivity index (χ4v) is 5.53. The molecule has 0 aliphatic carbocycles. The number of amides is 2. The summed E-state index contributed by atoms with van der Waals surface area (Å²) in [5.74, 6) is -0.163. The zero-order valence-corrected chi connectivity index (χ0v) is 21.7. The predicted molar refractivity (Wildman–Crippen MR) is 150 cm³/mol. The first-order chi connectivity index (χ1) is 19.1. The first kappa shape index (κ1) is 24.6. The fourth-order valence-electron chi connectivity index (χ4n) is 5.53. The number of aryl methyl sites for hydroxylation is 1. The van der Waals surface area contributed by atoms with Gasteiger partial charge in [-0.05, 0) is 23.6 Å². The first-order valence-electron chi connectivity index (χ1n) is 13.1. The molecule has 6 nitrogen and oxygen atoms in total. The summed E-state index contributed by atoms with van der Waals surface area (Å²) in [6.45, 7) is 2.57. The number of carbonyl (C=O) groups is 2. The van der Waals surface area contributed by atoms with Crippen LogP contribution in [0.5, 0.6) is 0 Å². The predicted octanol–water partition coefficient (Wildman–Crippen LogP) is 5.87. The molecule has 6 heteroatoms. The van der Waals surface area contributed by atoms with Gasteiger partial charge in [0.2, 0.25) is 0 Å². The summed E-state index contributed by atoms with van der Waals surface area (Å²) in [5.41, 5.74) is 3.66. The highest BCUT2D eigenvalue weighted by Crippen LogP contribution is 2.50. The Bertz CT molecular complexity index is 1490. The number of cyclic esters (lactones) is 1. The molecule has 0 saturated carbocycles. The van der Waals surface area contributed by atoms with Crippen molar-refractivity contribution in [2.24, 2.45) is 4.99 Å². The van der Waals surface area contributed by atoms with Crippen LogP contribution in [0.25, 0.3) is 0 Å². The van der Waals surface area contributed by atoms with Crippen molar-refractivity contribution in [2.75, 3.05) is 6.61 Å². The first-order valence-corrected chi connectivity index (χ1v) is 13.1. The standard InChI is InChI=1S/C33H29N3O3/c1-24-17-19-25(20-18-24)21-34-33(28-15-9-4-10-16-28)30(31(37)35(33)22-26-11-5-2-6-12-26)36-29(23-39-32(36)38)27-13-7-3-8-14-27/h2-21,29-30H,22-23H2,1H3/b34-21+/t29-,30?,33?/m1/s1. The van der Waals surface area contributed by atoms with Gasteiger partial charge in [0.15, 0.2) is 11.7 Å². The van der Waals surface area contributed by atoms with Crippen molar-refractivity contribution in [3.8, 4) is 0 Å². The van der Waals surface area contributed by atoms with Crippen LogP contribution in [0.4, 0.5) is 4.79 Å². The van der Waals surface area contributed by atoms with Gasteiger partial charge in [-0.2, -0.15) is 0 Å². The molecule has 0 aromatic heterocycles. The molecule has 2 aliphatic rings. The van der Waals surface area contributed by atoms with E-state index in [-0.39, 0.29) is 12.5 Å². The van der Waals surface area contributed by atoms with Gasteiger partial charge in [0.25, 0.3) is 5.91 Å². The molecule has 39 heavy (non-hydrogen) atoms. The van der Waals surface area contributed by atoms with Gasteiger partial charge in [-0.25, -0.2) is 4.79 Å². The SMILES string of the molecule is Cc1ccc(/C=N/C2(c3ccccc3)C(N3C(=O)OC[C@@H]3c3ccccc3)C(=O)N2Cc2ccccc2)cc1. The smallest absolute Gasteiger partial charge is 0.411 e. The van der Waals surface area contributed by atoms with Crippen LogP contribution in [0.2, 0.25) is 0 Å². The minimum absolute atomic E-state index is 0.163. The number of hydrogen-bond acceptors (Lipinski definition) is 4. The lowest BCUT2D eigenvalue weighted by Crippen LogP contribution is -2.76. The summed E-state index contributed by atoms with van der Waals surface area (Å²) in [7, 11) is 0. The lowest BCUT2D eigenvalue weighted by atomic mass is 9.78. The number of aliphatic imine (C=N–C) groups is 1. The maximum Gasteiger partial charge on any atom is 0.411 e. The van der Waals surface area contributed by atoms with E-state index in [1.54, 1.807) is 9.80 Å². The number of likely N-dealkylation sites (tertiary alicyclic amines) is 1. The Morgan fingerprint density at radius 1 is 0.846 bits per heavy atom. The maximum atomic E-state index is 14.1. The van der Waals surface area contributed by atoms with Crippen molar-refractivity contribution < 1.29 is 14.3 Å². The summed E-state index contributed by atoms with van der Waals surface area (Å²) in [5, 5.41) is 0. The van der Waals surface area contributed by atoms with E-state index in [1.165, 1.54) is 0 Å². The average Bonchev–Trinajstić information content (AvgIpc) is 3.36. The highest BCUT2D eigenvalue weighted by molar-refractivity contribution is 5.96. The monoisotopic (exact) mass is 515 g/mol. The van der Waals surface area contributed by atoms with Gasteiger partial charge in [0, 0.05) is 18.3 Å². The number of nitrogens with zero attached hydrogens (tertiary/aromatic N) is 3. The molecule has 2 amide bonds. The molecule has 3 atom stereocenters. The second-order valence-electron chi connectivity index (χ2n) is 9.98. The zero-order valence-electron chi connectivity index (χ0n) is 21.7. The number of carbonyl (C=O) groups excluding carboxylic acids is 2. The molecule has 6 rings (SSSR count). The number of benzene rings is 4. The molecule has 2 saturated heterocycles. The molecular weight excluding hydrogens is 486 g/mol. The van der Waals surface area contributed by atoms with E-state index < -0.39 is 23.8 Å². The molecule has 0 bridgehead atoms. The van der Waals surface area contributed by atoms with E-state index in [2.05, 4.69) is 0 Å². The molecule has 0 N–H and O–H groups in total. The van der Waals surface area contributed by atoms with Gasteiger partial charge >= 0.3 is 6.09 Å². The summed E-state index contributed by atoms with van der Waals surface area (Å²) < 4.78 is 5.56. The largest absolute Gasteiger partial charge is 0.447 e. The third-order valence-corrected chi connectivity index (χ3v) is 7.54. The fraction of sp³-hybridized carbons (Fsp3) is 0.182. The number of ether oxygens (including phenoxy) is 1. The van der Waals surface area contributed by atoms with Crippen LogP contribution >= 0.6 is 0 Å². The molecule has 2 unspecified atom stereocenters. The number of β-lactam (4-membered cyclic amide) rings is 1. The van der Waals surface area contributed by atoms with Crippen molar-refractivity contribution in [3.05, 3.63) is 143 Å². The van der Waals surface area contributed by atoms with E-state index >= 15 is 0 Å². The van der Waals surface area contributed by atoms with E-state index in [9.17, 15) is 9.59 Å². The minimum Gasteiger partial charge on any atom is -0.447 e. The summed E-state index contributed by atoms with van der Waals surface area (Å²) >= 11 is 0. The zero-order chi connectivity index (χ0) is 26.8. The second kappa shape index (κ2) is 10.2. The Kier molecular flexibility index (Phi) is 6.45. The molecule has 0 radical (unpaired) electrons. The third kappa shape index (κ3) is 4.38. The van der Waals surface area contributed by atoms with Gasteiger partial charge in [-0.1, -0.05) is 121 Å². The lowest BCUT2D eigenvalue weighted by molar-refractivity contribution is -0.176. The van der Waals surface area contributed by atoms with E-state index in [0.717, 1.165) is 27.8 Å². The Morgan fingerprint density at radius 2 is 1.46 bits per heavy atom. The number of hydrogen-bond donors (Lipinski definition) is 0. The van der Waals surface area contributed by atoms with Gasteiger partial charge in [-0.3, -0.25) is 14.7 Å². The van der Waals surface area contributed by atoms with Crippen LogP contribution in [-0.2, 0) is 21.7 Å². The molecule has 0 spiro atoms. The molecule has 2 heterocycles. The normalized spacial score (nSPS) is 22.7. The summed E-state index contributed by atoms with van der Waals surface area (Å²) in [6.07, 6.45) is 1.30. The Hall–Kier alpha value is -4.71. The number of rotatable bonds is 7. The summed E-state index contributed by atoms with van der Waals surface area (Å²) in [4.78, 5) is 36.0. The Labute approximate surface area is 228 Å². The third-order valence-electron chi connectivity index (χ3n) is 7.54. The van der Waals surface area contributed by atoms with Gasteiger partial charge < -0.3 is 9.64 Å². The molecular formula is C33H29N3O3. The topological polar surface area (TPSA) is 62.2 Å². The van der Waals surface area contributed by atoms with Crippen molar-refractivity contribution in [2.45, 2.75) is 31.2 Å². The highest BCUT2D eigenvalue weighted by atomic mass is 16.6. The van der Waals surface area contributed by atoms with Gasteiger partial charge in [0.1, 0.15) is 6.61 Å². The molecule has 4 aromatic rings. The molecule has 2 fully saturated rings. The van der Waals surface area contributed by atoms with E-state index in [4.69, 9.17) is 9.73 Å². The summed E-state index contributed by atoms with van der Waals surface area (Å²) in [6, 6.07) is 36.2. The Morgan fingerprint density at radius 3 is 2.13 bits per heavy atom. The van der Waals surface area contributed by atoms with Crippen LogP contribution in [-0.4, -0.2) is 40.7 Å². The molecule has 194 valence electrons. The van der Waals surface area contributed by atoms with Crippen molar-refractivity contribution >= 4 is 18.2 Å². The van der Waals surface area contributed by atoms with Crippen LogP contribution in [0.1, 0.15) is 33.9 Å². The lowest BCUT2D eigenvalue weighted by Gasteiger charge is -2.57. The van der Waals surface area contributed by atoms with Gasteiger partial charge in [0.05, 0.1) is 6.04 Å². The van der Waals surface area contributed by atoms with Crippen molar-refractivity contribution in [3.63, 3.8) is 0 Å². The van der Waals surface area contributed by atoms with Crippen molar-refractivity contribution in [1.82, 2.24) is 9.80 Å². The van der Waals surface area contributed by atoms with E-state index in [1.807, 2.05) is 128 Å². The maximum absolute atomic E-state index is 14.1. The molecule has 4 aromatic carbocycles. The van der Waals surface area contributed by atoms with Gasteiger partial charge in [-0.15, -0.1) is 0 Å². The van der Waals surface area contributed by atoms with Crippen LogP contribution in [0, 0.1) is 6.92 Å². The minimum atomic E-state index is -1.14. The molecule has 2 aliphatic heterocycles. The van der Waals surface area contributed by atoms with Crippen LogP contribution < -0.4 is 0 Å². The quantitative estimate of drug-likeness (QED) is 0.228. The van der Waals surface area contributed by atoms with Crippen LogP contribution in [0.15, 0.2) is 120 Å². The van der Waals surface area contributed by atoms with Crippen molar-refractivity contribution in [1.29, 1.82) is 0 Å².